The van der Waals surface area contributed by atoms with Crippen molar-refractivity contribution in [2.24, 2.45) is 4.99 Å². The van der Waals surface area contributed by atoms with Crippen molar-refractivity contribution in [3.63, 3.8) is 0 Å². The molecule has 1 N–H and O–H groups in total. The van der Waals surface area contributed by atoms with Gasteiger partial charge < -0.3 is 14.3 Å². The normalized spacial score (nSPS) is 12.1. The summed E-state index contributed by atoms with van der Waals surface area (Å²) in [5.74, 6) is 1.72. The summed E-state index contributed by atoms with van der Waals surface area (Å²) in [5, 5.41) is 11.3. The van der Waals surface area contributed by atoms with Crippen molar-refractivity contribution >= 4 is 11.0 Å². The first kappa shape index (κ1) is 15.2. The van der Waals surface area contributed by atoms with E-state index in [1.54, 1.807) is 25.3 Å². The third-order valence-electron chi connectivity index (χ3n) is 3.50. The van der Waals surface area contributed by atoms with Gasteiger partial charge in [0, 0.05) is 23.1 Å². The van der Waals surface area contributed by atoms with Crippen LogP contribution in [0.3, 0.4) is 0 Å². The summed E-state index contributed by atoms with van der Waals surface area (Å²) in [4.78, 5) is 4.65. The van der Waals surface area contributed by atoms with Crippen LogP contribution in [-0.2, 0) is 0 Å². The predicted molar refractivity (Wildman–Crippen MR) is 90.6 cm³/mol. The number of hydrogen-bond donors (Lipinski definition) is 1. The standard InChI is InChI=1S/C19H19NO3/c1-12(2)20-17-11-19(13-4-7-15(22-3)8-5-13)23-18-9-6-14(21)10-16(17)18/h4-12,21H,1-3H3. The molecule has 0 radical (unpaired) electrons. The highest BCUT2D eigenvalue weighted by Gasteiger charge is 2.07. The maximum absolute atomic E-state index is 9.74. The highest BCUT2D eigenvalue weighted by Crippen LogP contribution is 2.25. The smallest absolute Gasteiger partial charge is 0.137 e. The van der Waals surface area contributed by atoms with E-state index >= 15 is 0 Å². The van der Waals surface area contributed by atoms with Gasteiger partial charge in [-0.15, -0.1) is 0 Å². The van der Waals surface area contributed by atoms with E-state index in [-0.39, 0.29) is 11.8 Å². The van der Waals surface area contributed by atoms with Crippen LogP contribution in [-0.4, -0.2) is 18.3 Å². The van der Waals surface area contributed by atoms with Gasteiger partial charge in [-0.05, 0) is 56.3 Å². The minimum atomic E-state index is 0.145. The number of benzene rings is 2. The van der Waals surface area contributed by atoms with Crippen molar-refractivity contribution in [2.75, 3.05) is 7.11 Å². The molecule has 1 heterocycles. The van der Waals surface area contributed by atoms with Crippen molar-refractivity contribution in [1.29, 1.82) is 0 Å². The molecule has 0 aliphatic rings. The lowest BCUT2D eigenvalue weighted by Crippen LogP contribution is -2.07. The molecule has 0 atom stereocenters. The van der Waals surface area contributed by atoms with Crippen LogP contribution in [0, 0.1) is 0 Å². The lowest BCUT2D eigenvalue weighted by atomic mass is 10.1. The van der Waals surface area contributed by atoms with Crippen LogP contribution in [0.2, 0.25) is 0 Å². The fourth-order valence-electron chi connectivity index (χ4n) is 2.44. The molecule has 0 saturated carbocycles. The van der Waals surface area contributed by atoms with E-state index in [1.807, 2.05) is 44.2 Å². The number of hydrogen-bond acceptors (Lipinski definition) is 4. The summed E-state index contributed by atoms with van der Waals surface area (Å²) in [6.07, 6.45) is 0. The molecule has 3 aromatic rings. The van der Waals surface area contributed by atoms with Crippen LogP contribution in [0.25, 0.3) is 22.3 Å². The van der Waals surface area contributed by atoms with Crippen LogP contribution >= 0.6 is 0 Å². The Bertz CT molecular complexity index is 893. The number of nitrogens with zero attached hydrogens (tertiary/aromatic N) is 1. The highest BCUT2D eigenvalue weighted by atomic mass is 16.5. The van der Waals surface area contributed by atoms with Crippen molar-refractivity contribution in [2.45, 2.75) is 19.9 Å². The quantitative estimate of drug-likeness (QED) is 0.791. The SMILES string of the molecule is COc1ccc(-c2cc(=NC(C)C)c3cc(O)ccc3o2)cc1. The molecule has 0 saturated heterocycles. The molecule has 0 fully saturated rings. The second-order valence-electron chi connectivity index (χ2n) is 5.63. The zero-order chi connectivity index (χ0) is 16.4. The average molecular weight is 309 g/mol. The van der Waals surface area contributed by atoms with Crippen LogP contribution in [0.15, 0.2) is 57.9 Å². The van der Waals surface area contributed by atoms with Gasteiger partial charge in [-0.1, -0.05) is 0 Å². The number of aromatic hydroxyl groups is 1. The fraction of sp³-hybridized carbons (Fsp3) is 0.211. The second kappa shape index (κ2) is 6.16. The molecule has 118 valence electrons. The molecule has 0 spiro atoms. The topological polar surface area (TPSA) is 55.0 Å². The van der Waals surface area contributed by atoms with Crippen LogP contribution in [0.4, 0.5) is 0 Å². The number of fused-ring (bicyclic) bond motifs is 1. The van der Waals surface area contributed by atoms with Gasteiger partial charge in [0.1, 0.15) is 22.8 Å². The first-order valence-corrected chi connectivity index (χ1v) is 7.52. The Morgan fingerprint density at radius 2 is 1.78 bits per heavy atom. The third-order valence-corrected chi connectivity index (χ3v) is 3.50. The molecule has 4 nitrogen and oxygen atoms in total. The van der Waals surface area contributed by atoms with Gasteiger partial charge in [0.15, 0.2) is 0 Å². The Morgan fingerprint density at radius 1 is 1.04 bits per heavy atom. The minimum Gasteiger partial charge on any atom is -0.508 e. The number of ether oxygens (including phenoxy) is 1. The minimum absolute atomic E-state index is 0.145. The summed E-state index contributed by atoms with van der Waals surface area (Å²) >= 11 is 0. The fourth-order valence-corrected chi connectivity index (χ4v) is 2.44. The maximum atomic E-state index is 9.74. The average Bonchev–Trinajstić information content (AvgIpc) is 2.54. The Kier molecular flexibility index (Phi) is 4.06. The van der Waals surface area contributed by atoms with Gasteiger partial charge in [0.05, 0.1) is 12.5 Å². The Morgan fingerprint density at radius 3 is 2.43 bits per heavy atom. The number of phenols is 1. The van der Waals surface area contributed by atoms with Gasteiger partial charge in [-0.3, -0.25) is 4.99 Å². The third kappa shape index (κ3) is 3.21. The van der Waals surface area contributed by atoms with Crippen LogP contribution in [0.1, 0.15) is 13.8 Å². The molecular weight excluding hydrogens is 290 g/mol. The maximum Gasteiger partial charge on any atom is 0.137 e. The molecule has 2 aromatic carbocycles. The monoisotopic (exact) mass is 309 g/mol. The summed E-state index contributed by atoms with van der Waals surface area (Å²) < 4.78 is 11.2. The molecule has 0 bridgehead atoms. The molecule has 1 aromatic heterocycles. The Balaban J connectivity index is 2.24. The van der Waals surface area contributed by atoms with E-state index in [9.17, 15) is 5.11 Å². The molecule has 4 heteroatoms. The molecule has 0 aliphatic carbocycles. The van der Waals surface area contributed by atoms with Crippen molar-refractivity contribution < 1.29 is 14.3 Å². The molecule has 3 rings (SSSR count). The van der Waals surface area contributed by atoms with Crippen molar-refractivity contribution in [3.05, 3.63) is 53.9 Å². The molecule has 0 amide bonds. The number of methoxy groups -OCH3 is 1. The van der Waals surface area contributed by atoms with Gasteiger partial charge >= 0.3 is 0 Å². The lowest BCUT2D eigenvalue weighted by Gasteiger charge is -2.07. The molecule has 23 heavy (non-hydrogen) atoms. The molecular formula is C19H19NO3. The van der Waals surface area contributed by atoms with Gasteiger partial charge in [0.25, 0.3) is 0 Å². The predicted octanol–water partition coefficient (Wildman–Crippen LogP) is 4.12. The molecule has 0 aliphatic heterocycles. The first-order chi connectivity index (χ1) is 11.1. The summed E-state index contributed by atoms with van der Waals surface area (Å²) in [7, 11) is 1.64. The van der Waals surface area contributed by atoms with E-state index < -0.39 is 0 Å². The summed E-state index contributed by atoms with van der Waals surface area (Å²) in [6, 6.07) is 14.8. The lowest BCUT2D eigenvalue weighted by molar-refractivity contribution is 0.415. The zero-order valence-electron chi connectivity index (χ0n) is 13.4. The largest absolute Gasteiger partial charge is 0.508 e. The van der Waals surface area contributed by atoms with E-state index in [1.165, 1.54) is 0 Å². The number of phenolic OH excluding ortho intramolecular Hbond substituents is 1. The number of rotatable bonds is 3. The summed E-state index contributed by atoms with van der Waals surface area (Å²) in [5.41, 5.74) is 1.64. The second-order valence-corrected chi connectivity index (χ2v) is 5.63. The summed E-state index contributed by atoms with van der Waals surface area (Å²) in [6.45, 7) is 4.04. The van der Waals surface area contributed by atoms with Gasteiger partial charge in [-0.25, -0.2) is 0 Å². The van der Waals surface area contributed by atoms with Crippen molar-refractivity contribution in [3.8, 4) is 22.8 Å². The zero-order valence-corrected chi connectivity index (χ0v) is 13.4. The van der Waals surface area contributed by atoms with E-state index in [0.717, 1.165) is 27.8 Å². The van der Waals surface area contributed by atoms with Crippen LogP contribution < -0.4 is 10.1 Å². The van der Waals surface area contributed by atoms with Crippen LogP contribution in [0.5, 0.6) is 11.5 Å². The van der Waals surface area contributed by atoms with Crippen molar-refractivity contribution in [1.82, 2.24) is 0 Å². The van der Waals surface area contributed by atoms with Gasteiger partial charge in [0.2, 0.25) is 0 Å². The van der Waals surface area contributed by atoms with Gasteiger partial charge in [-0.2, -0.15) is 0 Å². The van der Waals surface area contributed by atoms with E-state index in [2.05, 4.69) is 4.99 Å². The Hall–Kier alpha value is -2.75. The first-order valence-electron chi connectivity index (χ1n) is 7.52. The van der Waals surface area contributed by atoms with E-state index in [0.29, 0.717) is 5.58 Å². The molecule has 0 unspecified atom stereocenters. The van der Waals surface area contributed by atoms with E-state index in [4.69, 9.17) is 9.15 Å². The Labute approximate surface area is 134 Å². The highest BCUT2D eigenvalue weighted by molar-refractivity contribution is 5.80.